The van der Waals surface area contributed by atoms with Crippen molar-refractivity contribution in [3.05, 3.63) is 18.2 Å². The highest BCUT2D eigenvalue weighted by Gasteiger charge is 2.25. The number of likely N-dealkylation sites (N-methyl/N-ethyl adjacent to an activating group) is 1. The molecule has 5 nitrogen and oxygen atoms in total. The third kappa shape index (κ3) is 3.54. The Labute approximate surface area is 103 Å². The van der Waals surface area contributed by atoms with Crippen molar-refractivity contribution >= 4 is 9.84 Å². The van der Waals surface area contributed by atoms with Gasteiger partial charge in [0, 0.05) is 37.7 Å². The van der Waals surface area contributed by atoms with Gasteiger partial charge >= 0.3 is 0 Å². The molecule has 0 radical (unpaired) electrons. The second-order valence-corrected chi connectivity index (χ2v) is 6.67. The van der Waals surface area contributed by atoms with Gasteiger partial charge in [-0.1, -0.05) is 0 Å². The zero-order chi connectivity index (χ0) is 13.1. The van der Waals surface area contributed by atoms with E-state index in [1.165, 1.54) is 6.26 Å². The van der Waals surface area contributed by atoms with Gasteiger partial charge in [-0.2, -0.15) is 0 Å². The van der Waals surface area contributed by atoms with Gasteiger partial charge in [0.1, 0.15) is 5.82 Å². The van der Waals surface area contributed by atoms with Crippen LogP contribution in [0.4, 0.5) is 0 Å². The first-order valence-electron chi connectivity index (χ1n) is 5.76. The Bertz CT molecular complexity index is 453. The highest BCUT2D eigenvalue weighted by atomic mass is 32.2. The second kappa shape index (κ2) is 5.64. The van der Waals surface area contributed by atoms with E-state index in [0.717, 1.165) is 12.4 Å². The number of aromatic nitrogens is 2. The Hall–Kier alpha value is -0.880. The van der Waals surface area contributed by atoms with Gasteiger partial charge in [0.2, 0.25) is 0 Å². The Balaban J connectivity index is 2.84. The van der Waals surface area contributed by atoms with E-state index < -0.39 is 15.1 Å². The summed E-state index contributed by atoms with van der Waals surface area (Å²) in [6.07, 6.45) is 5.55. The summed E-state index contributed by atoms with van der Waals surface area (Å²) < 4.78 is 25.1. The summed E-state index contributed by atoms with van der Waals surface area (Å²) in [6.45, 7) is 4.62. The first-order valence-corrected chi connectivity index (χ1v) is 7.71. The maximum absolute atomic E-state index is 11.5. The minimum absolute atomic E-state index is 0.113. The van der Waals surface area contributed by atoms with E-state index in [0.29, 0.717) is 6.42 Å². The lowest BCUT2D eigenvalue weighted by atomic mass is 10.1. The summed E-state index contributed by atoms with van der Waals surface area (Å²) in [5, 5.41) is 2.64. The number of rotatable bonds is 6. The highest BCUT2D eigenvalue weighted by Crippen LogP contribution is 2.10. The van der Waals surface area contributed by atoms with Crippen LogP contribution in [0.25, 0.3) is 0 Å². The summed E-state index contributed by atoms with van der Waals surface area (Å²) in [6, 6.07) is -0.113. The molecule has 0 aliphatic carbocycles. The number of aryl methyl sites for hydroxylation is 1. The predicted octanol–water partition coefficient (Wildman–Crippen LogP) is 0.467. The van der Waals surface area contributed by atoms with Gasteiger partial charge < -0.3 is 9.88 Å². The molecule has 0 amide bonds. The maximum atomic E-state index is 11.5. The third-order valence-electron chi connectivity index (χ3n) is 3.16. The summed E-state index contributed by atoms with van der Waals surface area (Å²) >= 11 is 0. The number of imidazole rings is 1. The van der Waals surface area contributed by atoms with E-state index in [2.05, 4.69) is 10.3 Å². The normalized spacial score (nSPS) is 15.8. The van der Waals surface area contributed by atoms with Crippen LogP contribution >= 0.6 is 0 Å². The van der Waals surface area contributed by atoms with Crippen molar-refractivity contribution in [1.82, 2.24) is 14.9 Å². The molecule has 1 aromatic rings. The van der Waals surface area contributed by atoms with Crippen molar-refractivity contribution in [3.8, 4) is 0 Å². The number of hydrogen-bond donors (Lipinski definition) is 1. The molecule has 0 aromatic carbocycles. The average Bonchev–Trinajstić information content (AvgIpc) is 2.70. The van der Waals surface area contributed by atoms with Crippen LogP contribution in [0.1, 0.15) is 19.7 Å². The van der Waals surface area contributed by atoms with Gasteiger partial charge in [-0.05, 0) is 20.9 Å². The minimum atomic E-state index is -3.04. The van der Waals surface area contributed by atoms with Gasteiger partial charge in [0.15, 0.2) is 9.84 Å². The number of nitrogens with zero attached hydrogens (tertiary/aromatic N) is 2. The molecule has 2 unspecified atom stereocenters. The Kier molecular flexibility index (Phi) is 4.70. The highest BCUT2D eigenvalue weighted by molar-refractivity contribution is 7.91. The van der Waals surface area contributed by atoms with Crippen LogP contribution in [0, 0.1) is 0 Å². The molecule has 0 saturated carbocycles. The topological polar surface area (TPSA) is 64.0 Å². The van der Waals surface area contributed by atoms with Gasteiger partial charge in [-0.3, -0.25) is 0 Å². The van der Waals surface area contributed by atoms with Crippen LogP contribution in [0.2, 0.25) is 0 Å². The monoisotopic (exact) mass is 259 g/mol. The molecule has 1 rings (SSSR count). The molecular formula is C11H21N3O2S. The van der Waals surface area contributed by atoms with E-state index in [9.17, 15) is 8.42 Å². The van der Waals surface area contributed by atoms with Crippen LogP contribution in [-0.4, -0.2) is 42.6 Å². The molecule has 0 saturated heterocycles. The van der Waals surface area contributed by atoms with E-state index in [-0.39, 0.29) is 6.04 Å². The molecule has 0 fully saturated rings. The smallest absolute Gasteiger partial charge is 0.151 e. The Morgan fingerprint density at radius 2 is 2.18 bits per heavy atom. The van der Waals surface area contributed by atoms with E-state index in [4.69, 9.17) is 0 Å². The molecule has 0 aliphatic heterocycles. The number of hydrogen-bond acceptors (Lipinski definition) is 4. The van der Waals surface area contributed by atoms with Crippen LogP contribution in [-0.2, 0) is 22.8 Å². The van der Waals surface area contributed by atoms with E-state index in [1.54, 1.807) is 20.2 Å². The van der Waals surface area contributed by atoms with Gasteiger partial charge in [0.05, 0.1) is 5.25 Å². The van der Waals surface area contributed by atoms with Crippen molar-refractivity contribution in [2.45, 2.75) is 38.1 Å². The number of nitrogens with one attached hydrogen (secondary N) is 1. The van der Waals surface area contributed by atoms with Crippen LogP contribution in [0.3, 0.4) is 0 Å². The molecule has 6 heteroatoms. The fourth-order valence-electron chi connectivity index (χ4n) is 1.82. The van der Waals surface area contributed by atoms with Crippen molar-refractivity contribution in [3.63, 3.8) is 0 Å². The minimum Gasteiger partial charge on any atom is -0.335 e. The molecule has 98 valence electrons. The molecule has 1 aromatic heterocycles. The predicted molar refractivity (Wildman–Crippen MR) is 68.8 cm³/mol. The van der Waals surface area contributed by atoms with Crippen LogP contribution in [0.15, 0.2) is 12.4 Å². The van der Waals surface area contributed by atoms with Gasteiger partial charge in [-0.15, -0.1) is 0 Å². The third-order valence-corrected chi connectivity index (χ3v) is 4.84. The lowest BCUT2D eigenvalue weighted by Gasteiger charge is -2.22. The lowest BCUT2D eigenvalue weighted by molar-refractivity contribution is 0.499. The van der Waals surface area contributed by atoms with Crippen molar-refractivity contribution < 1.29 is 8.42 Å². The zero-order valence-electron chi connectivity index (χ0n) is 10.8. The maximum Gasteiger partial charge on any atom is 0.151 e. The molecule has 0 aliphatic rings. The molecule has 1 heterocycles. The second-order valence-electron chi connectivity index (χ2n) is 4.26. The lowest BCUT2D eigenvalue weighted by Crippen LogP contribution is -2.42. The Morgan fingerprint density at radius 1 is 1.53 bits per heavy atom. The van der Waals surface area contributed by atoms with E-state index in [1.807, 2.05) is 17.7 Å². The van der Waals surface area contributed by atoms with E-state index >= 15 is 0 Å². The standard InChI is InChI=1S/C11H21N3O2S/c1-5-14-7-6-13-11(14)8-10(12-3)9(2)17(4,15)16/h6-7,9-10,12H,5,8H2,1-4H3. The summed E-state index contributed by atoms with van der Waals surface area (Å²) in [5.41, 5.74) is 0. The molecule has 0 bridgehead atoms. The van der Waals surface area contributed by atoms with Crippen molar-refractivity contribution in [2.75, 3.05) is 13.3 Å². The van der Waals surface area contributed by atoms with Gasteiger partial charge in [-0.25, -0.2) is 13.4 Å². The Morgan fingerprint density at radius 3 is 2.65 bits per heavy atom. The summed E-state index contributed by atoms with van der Waals surface area (Å²) in [7, 11) is -1.25. The first kappa shape index (κ1) is 14.2. The SMILES string of the molecule is CCn1ccnc1CC(NC)C(C)S(C)(=O)=O. The number of sulfone groups is 1. The van der Waals surface area contributed by atoms with Crippen LogP contribution < -0.4 is 5.32 Å². The van der Waals surface area contributed by atoms with Gasteiger partial charge in [0.25, 0.3) is 0 Å². The van der Waals surface area contributed by atoms with Crippen molar-refractivity contribution in [2.24, 2.45) is 0 Å². The molecule has 1 N–H and O–H groups in total. The molecular weight excluding hydrogens is 238 g/mol. The molecule has 17 heavy (non-hydrogen) atoms. The summed E-state index contributed by atoms with van der Waals surface area (Å²) in [5.74, 6) is 0.919. The quantitative estimate of drug-likeness (QED) is 0.806. The fraction of sp³-hybridized carbons (Fsp3) is 0.727. The average molecular weight is 259 g/mol. The van der Waals surface area contributed by atoms with Crippen LogP contribution in [0.5, 0.6) is 0 Å². The van der Waals surface area contributed by atoms with Crippen molar-refractivity contribution in [1.29, 1.82) is 0 Å². The zero-order valence-corrected chi connectivity index (χ0v) is 11.7. The molecule has 2 atom stereocenters. The summed E-state index contributed by atoms with van der Waals surface area (Å²) in [4.78, 5) is 4.27. The first-order chi connectivity index (χ1) is 7.90. The largest absolute Gasteiger partial charge is 0.335 e. The fourth-order valence-corrected chi connectivity index (χ4v) is 2.64. The molecule has 0 spiro atoms.